The number of nitriles is 1. The Morgan fingerprint density at radius 1 is 1.23 bits per heavy atom. The van der Waals surface area contributed by atoms with Gasteiger partial charge in [-0.3, -0.25) is 0 Å². The van der Waals surface area contributed by atoms with Gasteiger partial charge < -0.3 is 5.73 Å². The van der Waals surface area contributed by atoms with Gasteiger partial charge in [0.05, 0.1) is 5.69 Å². The fourth-order valence-corrected chi connectivity index (χ4v) is 3.54. The zero-order valence-corrected chi connectivity index (χ0v) is 14.2. The van der Waals surface area contributed by atoms with Crippen molar-refractivity contribution in [3.63, 3.8) is 0 Å². The maximum atomic E-state index is 9.40. The molecule has 0 fully saturated rings. The number of pyridine rings is 1. The van der Waals surface area contributed by atoms with E-state index in [4.69, 9.17) is 5.73 Å². The Hall–Kier alpha value is -2.16. The number of thiophene rings is 1. The summed E-state index contributed by atoms with van der Waals surface area (Å²) in [5.41, 5.74) is 9.00. The highest BCUT2D eigenvalue weighted by Crippen LogP contribution is 2.35. The molecular weight excluding hydrogens is 358 g/mol. The highest BCUT2D eigenvalue weighted by Gasteiger charge is 2.14. The minimum atomic E-state index is 0.265. The molecule has 0 radical (unpaired) electrons. The number of halogens is 1. The van der Waals surface area contributed by atoms with Gasteiger partial charge in [-0.25, -0.2) is 4.98 Å². The van der Waals surface area contributed by atoms with E-state index in [0.29, 0.717) is 5.56 Å². The van der Waals surface area contributed by atoms with Crippen molar-refractivity contribution >= 4 is 33.1 Å². The number of rotatable bonds is 2. The van der Waals surface area contributed by atoms with Crippen LogP contribution < -0.4 is 5.73 Å². The summed E-state index contributed by atoms with van der Waals surface area (Å²) in [6, 6.07) is 16.0. The number of benzene rings is 1. The predicted octanol–water partition coefficient (Wildman–Crippen LogP) is 5.00. The van der Waals surface area contributed by atoms with Crippen LogP contribution in [0, 0.1) is 18.3 Å². The van der Waals surface area contributed by atoms with Gasteiger partial charge in [-0.2, -0.15) is 5.26 Å². The lowest BCUT2D eigenvalue weighted by Gasteiger charge is -2.09. The molecule has 22 heavy (non-hydrogen) atoms. The average molecular weight is 370 g/mol. The van der Waals surface area contributed by atoms with Crippen molar-refractivity contribution in [1.29, 1.82) is 5.26 Å². The van der Waals surface area contributed by atoms with Crippen molar-refractivity contribution < 1.29 is 0 Å². The number of aromatic nitrogens is 1. The standard InChI is InChI=1S/C17H12BrN3S/c1-10-5-6-16(22-10)13-8-15(21-17(20)14(13)9-19)11-3-2-4-12(18)7-11/h2-8H,1H3,(H2,20,21). The zero-order valence-electron chi connectivity index (χ0n) is 11.8. The lowest BCUT2D eigenvalue weighted by atomic mass is 10.0. The van der Waals surface area contributed by atoms with Crippen LogP contribution in [0.15, 0.2) is 46.9 Å². The molecule has 0 amide bonds. The lowest BCUT2D eigenvalue weighted by molar-refractivity contribution is 1.31. The van der Waals surface area contributed by atoms with Crippen molar-refractivity contribution in [3.8, 4) is 27.8 Å². The summed E-state index contributed by atoms with van der Waals surface area (Å²) in [6.45, 7) is 2.04. The molecule has 2 aromatic heterocycles. The number of anilines is 1. The number of nitrogens with two attached hydrogens (primary N) is 1. The van der Waals surface area contributed by atoms with Crippen LogP contribution in [0.3, 0.4) is 0 Å². The molecule has 0 aliphatic carbocycles. The van der Waals surface area contributed by atoms with E-state index >= 15 is 0 Å². The second kappa shape index (κ2) is 5.91. The van der Waals surface area contributed by atoms with Crippen LogP contribution in [-0.4, -0.2) is 4.98 Å². The van der Waals surface area contributed by atoms with Crippen LogP contribution >= 0.6 is 27.3 Å². The molecule has 3 rings (SSSR count). The fraction of sp³-hybridized carbons (Fsp3) is 0.0588. The van der Waals surface area contributed by atoms with E-state index in [9.17, 15) is 5.26 Å². The number of nitrogen functional groups attached to an aromatic ring is 1. The SMILES string of the molecule is Cc1ccc(-c2cc(-c3cccc(Br)c3)nc(N)c2C#N)s1. The third kappa shape index (κ3) is 2.76. The van der Waals surface area contributed by atoms with Crippen molar-refractivity contribution in [2.24, 2.45) is 0 Å². The van der Waals surface area contributed by atoms with Crippen LogP contribution in [-0.2, 0) is 0 Å². The first-order valence-corrected chi connectivity index (χ1v) is 8.23. The van der Waals surface area contributed by atoms with Crippen molar-refractivity contribution in [2.45, 2.75) is 6.92 Å². The van der Waals surface area contributed by atoms with Gasteiger partial charge in [0, 0.05) is 25.4 Å². The first kappa shape index (κ1) is 14.8. The third-order valence-corrected chi connectivity index (χ3v) is 4.81. The maximum absolute atomic E-state index is 9.40. The predicted molar refractivity (Wildman–Crippen MR) is 94.6 cm³/mol. The molecule has 2 heterocycles. The molecular formula is C17H12BrN3S. The van der Waals surface area contributed by atoms with Crippen molar-refractivity contribution in [1.82, 2.24) is 4.98 Å². The first-order chi connectivity index (χ1) is 10.6. The number of nitrogens with zero attached hydrogens (tertiary/aromatic N) is 2. The molecule has 2 N–H and O–H groups in total. The van der Waals surface area contributed by atoms with E-state index in [0.717, 1.165) is 26.2 Å². The molecule has 0 saturated carbocycles. The summed E-state index contributed by atoms with van der Waals surface area (Å²) in [7, 11) is 0. The van der Waals surface area contributed by atoms with E-state index in [-0.39, 0.29) is 5.82 Å². The first-order valence-electron chi connectivity index (χ1n) is 6.62. The smallest absolute Gasteiger partial charge is 0.142 e. The van der Waals surface area contributed by atoms with Gasteiger partial charge in [-0.05, 0) is 37.3 Å². The number of aryl methyl sites for hydroxylation is 1. The van der Waals surface area contributed by atoms with Crippen LogP contribution in [0.5, 0.6) is 0 Å². The molecule has 3 aromatic rings. The molecule has 108 valence electrons. The highest BCUT2D eigenvalue weighted by atomic mass is 79.9. The summed E-state index contributed by atoms with van der Waals surface area (Å²) >= 11 is 5.11. The summed E-state index contributed by atoms with van der Waals surface area (Å²) < 4.78 is 0.975. The molecule has 3 nitrogen and oxygen atoms in total. The Balaban J connectivity index is 2.23. The summed E-state index contributed by atoms with van der Waals surface area (Å²) in [4.78, 5) is 6.61. The summed E-state index contributed by atoms with van der Waals surface area (Å²) in [5, 5.41) is 9.40. The molecule has 0 aliphatic rings. The maximum Gasteiger partial charge on any atom is 0.142 e. The molecule has 0 unspecified atom stereocenters. The van der Waals surface area contributed by atoms with E-state index in [2.05, 4.69) is 27.0 Å². The molecule has 0 spiro atoms. The van der Waals surface area contributed by atoms with Crippen LogP contribution in [0.1, 0.15) is 10.4 Å². The van der Waals surface area contributed by atoms with Crippen LogP contribution in [0.2, 0.25) is 0 Å². The van der Waals surface area contributed by atoms with Crippen LogP contribution in [0.4, 0.5) is 5.82 Å². The second-order valence-electron chi connectivity index (χ2n) is 4.85. The summed E-state index contributed by atoms with van der Waals surface area (Å²) in [5.74, 6) is 0.265. The monoisotopic (exact) mass is 369 g/mol. The van der Waals surface area contributed by atoms with Crippen molar-refractivity contribution in [2.75, 3.05) is 5.73 Å². The summed E-state index contributed by atoms with van der Waals surface area (Å²) in [6.07, 6.45) is 0. The molecule has 1 aromatic carbocycles. The van der Waals surface area contributed by atoms with Crippen molar-refractivity contribution in [3.05, 3.63) is 57.4 Å². The minimum absolute atomic E-state index is 0.265. The Labute approximate surface area is 141 Å². The van der Waals surface area contributed by atoms with Gasteiger partial charge in [0.2, 0.25) is 0 Å². The van der Waals surface area contributed by atoms with Gasteiger partial charge in [-0.15, -0.1) is 11.3 Å². The molecule has 0 bridgehead atoms. The molecule has 5 heteroatoms. The third-order valence-electron chi connectivity index (χ3n) is 3.29. The Bertz CT molecular complexity index is 893. The number of hydrogen-bond donors (Lipinski definition) is 1. The van der Waals surface area contributed by atoms with Gasteiger partial charge in [0.1, 0.15) is 17.5 Å². The number of hydrogen-bond acceptors (Lipinski definition) is 4. The van der Waals surface area contributed by atoms with E-state index in [1.54, 1.807) is 11.3 Å². The second-order valence-corrected chi connectivity index (χ2v) is 7.05. The highest BCUT2D eigenvalue weighted by molar-refractivity contribution is 9.10. The van der Waals surface area contributed by atoms with E-state index in [1.807, 2.05) is 49.4 Å². The normalized spacial score (nSPS) is 10.4. The topological polar surface area (TPSA) is 62.7 Å². The van der Waals surface area contributed by atoms with E-state index in [1.165, 1.54) is 4.88 Å². The quantitative estimate of drug-likeness (QED) is 0.690. The van der Waals surface area contributed by atoms with E-state index < -0.39 is 0 Å². The van der Waals surface area contributed by atoms with Gasteiger partial charge in [0.25, 0.3) is 0 Å². The minimum Gasteiger partial charge on any atom is -0.383 e. The van der Waals surface area contributed by atoms with Gasteiger partial charge in [-0.1, -0.05) is 28.1 Å². The van der Waals surface area contributed by atoms with Gasteiger partial charge in [0.15, 0.2) is 0 Å². The average Bonchev–Trinajstić information content (AvgIpc) is 2.93. The Kier molecular flexibility index (Phi) is 3.97. The molecule has 0 aliphatic heterocycles. The fourth-order valence-electron chi connectivity index (χ4n) is 2.25. The molecule has 0 atom stereocenters. The van der Waals surface area contributed by atoms with Gasteiger partial charge >= 0.3 is 0 Å². The lowest BCUT2D eigenvalue weighted by Crippen LogP contribution is -1.99. The zero-order chi connectivity index (χ0) is 15.7. The van der Waals surface area contributed by atoms with Crippen LogP contribution in [0.25, 0.3) is 21.7 Å². The molecule has 0 saturated heterocycles. The largest absolute Gasteiger partial charge is 0.383 e. The Morgan fingerprint density at radius 2 is 2.05 bits per heavy atom. The Morgan fingerprint density at radius 3 is 2.68 bits per heavy atom.